The van der Waals surface area contributed by atoms with E-state index in [9.17, 15) is 0 Å². The normalized spacial score (nSPS) is 12.4. The van der Waals surface area contributed by atoms with Crippen LogP contribution in [0.25, 0.3) is 0 Å². The molecule has 0 unspecified atom stereocenters. The van der Waals surface area contributed by atoms with Crippen LogP contribution in [0.1, 0.15) is 32.6 Å². The van der Waals surface area contributed by atoms with Crippen LogP contribution in [0, 0.1) is 0 Å². The Hall–Kier alpha value is -0.0800. The zero-order valence-electron chi connectivity index (χ0n) is 10.8. The molecule has 0 atom stereocenters. The van der Waals surface area contributed by atoms with E-state index in [0.717, 1.165) is 0 Å². The molecule has 14 heavy (non-hydrogen) atoms. The molecule has 0 aliphatic rings. The second kappa shape index (κ2) is 7.24. The highest BCUT2D eigenvalue weighted by atomic mass is 15.3. The van der Waals surface area contributed by atoms with Crippen molar-refractivity contribution in [1.82, 2.24) is 4.90 Å². The third-order valence-electron chi connectivity index (χ3n) is 2.74. The van der Waals surface area contributed by atoms with Crippen LogP contribution in [0.3, 0.4) is 0 Å². The van der Waals surface area contributed by atoms with Gasteiger partial charge in [0, 0.05) is 0 Å². The van der Waals surface area contributed by atoms with Crippen molar-refractivity contribution < 1.29 is 4.48 Å². The monoisotopic (exact) mass is 201 g/mol. The fraction of sp³-hybridized carbons (Fsp3) is 1.00. The standard InChI is InChI=1S/C12H29N2/c1-6-7-11-14(4,5)12-9-8-10-13(2)3/h6-12H2,1-5H3/q+1. The summed E-state index contributed by atoms with van der Waals surface area (Å²) in [6.45, 7) is 6.16. The Morgan fingerprint density at radius 1 is 0.929 bits per heavy atom. The van der Waals surface area contributed by atoms with Gasteiger partial charge >= 0.3 is 0 Å². The predicted octanol–water partition coefficient (Wildman–Crippen LogP) is 2.20. The summed E-state index contributed by atoms with van der Waals surface area (Å²) < 4.78 is 1.20. The molecule has 0 amide bonds. The maximum atomic E-state index is 2.35. The first-order chi connectivity index (χ1) is 6.48. The first-order valence-electron chi connectivity index (χ1n) is 5.94. The molecule has 0 saturated carbocycles. The van der Waals surface area contributed by atoms with Gasteiger partial charge in [0.05, 0.1) is 27.2 Å². The van der Waals surface area contributed by atoms with Crippen LogP contribution in [-0.2, 0) is 0 Å². The van der Waals surface area contributed by atoms with E-state index in [1.165, 1.54) is 49.8 Å². The number of hydrogen-bond donors (Lipinski definition) is 0. The molecule has 0 spiro atoms. The van der Waals surface area contributed by atoms with Crippen molar-refractivity contribution in [3.05, 3.63) is 0 Å². The fourth-order valence-corrected chi connectivity index (χ4v) is 1.67. The second-order valence-electron chi connectivity index (χ2n) is 5.25. The Kier molecular flexibility index (Phi) is 7.20. The van der Waals surface area contributed by atoms with Gasteiger partial charge in [-0.3, -0.25) is 0 Å². The summed E-state index contributed by atoms with van der Waals surface area (Å²) in [6, 6.07) is 0. The average Bonchev–Trinajstić information content (AvgIpc) is 2.09. The van der Waals surface area contributed by atoms with Crippen LogP contribution in [0.2, 0.25) is 0 Å². The number of nitrogens with zero attached hydrogens (tertiary/aromatic N) is 2. The van der Waals surface area contributed by atoms with Gasteiger partial charge in [-0.2, -0.15) is 0 Å². The molecule has 0 aliphatic carbocycles. The van der Waals surface area contributed by atoms with E-state index in [1.54, 1.807) is 0 Å². The van der Waals surface area contributed by atoms with Crippen LogP contribution in [0.5, 0.6) is 0 Å². The Balaban J connectivity index is 3.44. The first-order valence-corrected chi connectivity index (χ1v) is 5.94. The fourth-order valence-electron chi connectivity index (χ4n) is 1.67. The molecule has 0 N–H and O–H groups in total. The van der Waals surface area contributed by atoms with E-state index < -0.39 is 0 Å². The largest absolute Gasteiger partial charge is 0.328 e. The van der Waals surface area contributed by atoms with Gasteiger partial charge in [0.15, 0.2) is 0 Å². The summed E-state index contributed by atoms with van der Waals surface area (Å²) in [6.07, 6.45) is 5.37. The van der Waals surface area contributed by atoms with Crippen molar-refractivity contribution in [3.63, 3.8) is 0 Å². The molecule has 0 bridgehead atoms. The molecular weight excluding hydrogens is 172 g/mol. The van der Waals surface area contributed by atoms with Gasteiger partial charge in [-0.15, -0.1) is 0 Å². The van der Waals surface area contributed by atoms with Crippen molar-refractivity contribution in [2.24, 2.45) is 0 Å². The molecule has 86 valence electrons. The first kappa shape index (κ1) is 13.9. The average molecular weight is 201 g/mol. The van der Waals surface area contributed by atoms with Crippen LogP contribution in [0.15, 0.2) is 0 Å². The maximum absolute atomic E-state index is 2.35. The minimum absolute atomic E-state index is 1.20. The highest BCUT2D eigenvalue weighted by Gasteiger charge is 2.12. The molecule has 0 aliphatic heterocycles. The minimum atomic E-state index is 1.20. The summed E-state index contributed by atoms with van der Waals surface area (Å²) in [5.41, 5.74) is 0. The van der Waals surface area contributed by atoms with Gasteiger partial charge < -0.3 is 9.38 Å². The van der Waals surface area contributed by atoms with Gasteiger partial charge in [0.25, 0.3) is 0 Å². The summed E-state index contributed by atoms with van der Waals surface area (Å²) in [7, 11) is 9.00. The topological polar surface area (TPSA) is 3.24 Å². The van der Waals surface area contributed by atoms with Gasteiger partial charge in [-0.25, -0.2) is 0 Å². The Bertz CT molecular complexity index is 130. The lowest BCUT2D eigenvalue weighted by Gasteiger charge is -2.30. The molecule has 0 fully saturated rings. The van der Waals surface area contributed by atoms with Crippen LogP contribution < -0.4 is 0 Å². The van der Waals surface area contributed by atoms with Crippen molar-refractivity contribution in [1.29, 1.82) is 0 Å². The summed E-state index contributed by atoms with van der Waals surface area (Å²) >= 11 is 0. The van der Waals surface area contributed by atoms with E-state index in [2.05, 4.69) is 40.0 Å². The van der Waals surface area contributed by atoms with E-state index in [0.29, 0.717) is 0 Å². The second-order valence-corrected chi connectivity index (χ2v) is 5.25. The van der Waals surface area contributed by atoms with E-state index in [1.807, 2.05) is 0 Å². The molecule has 0 aromatic heterocycles. The van der Waals surface area contributed by atoms with E-state index >= 15 is 0 Å². The lowest BCUT2D eigenvalue weighted by Crippen LogP contribution is -2.41. The zero-order valence-corrected chi connectivity index (χ0v) is 10.8. The highest BCUT2D eigenvalue weighted by Crippen LogP contribution is 2.04. The predicted molar refractivity (Wildman–Crippen MR) is 64.5 cm³/mol. The molecule has 0 aromatic carbocycles. The van der Waals surface area contributed by atoms with Crippen LogP contribution in [0.4, 0.5) is 0 Å². The quantitative estimate of drug-likeness (QED) is 0.430. The number of hydrogen-bond acceptors (Lipinski definition) is 1. The maximum Gasteiger partial charge on any atom is 0.0782 e. The minimum Gasteiger partial charge on any atom is -0.328 e. The third-order valence-corrected chi connectivity index (χ3v) is 2.74. The van der Waals surface area contributed by atoms with Gasteiger partial charge in [-0.1, -0.05) is 13.3 Å². The third kappa shape index (κ3) is 8.52. The molecular formula is C12H29N2+. The van der Waals surface area contributed by atoms with Crippen molar-refractivity contribution >= 4 is 0 Å². The van der Waals surface area contributed by atoms with Crippen molar-refractivity contribution in [2.75, 3.05) is 47.8 Å². The van der Waals surface area contributed by atoms with Gasteiger partial charge in [0.1, 0.15) is 0 Å². The molecule has 0 radical (unpaired) electrons. The summed E-state index contributed by atoms with van der Waals surface area (Å²) in [5.74, 6) is 0. The number of unbranched alkanes of at least 4 members (excludes halogenated alkanes) is 2. The molecule has 0 aromatic rings. The summed E-state index contributed by atoms with van der Waals surface area (Å²) in [4.78, 5) is 2.27. The molecule has 2 heteroatoms. The lowest BCUT2D eigenvalue weighted by molar-refractivity contribution is -0.890. The Morgan fingerprint density at radius 2 is 1.50 bits per heavy atom. The van der Waals surface area contributed by atoms with Crippen LogP contribution >= 0.6 is 0 Å². The Morgan fingerprint density at radius 3 is 2.00 bits per heavy atom. The van der Waals surface area contributed by atoms with Gasteiger partial charge in [0.2, 0.25) is 0 Å². The smallest absolute Gasteiger partial charge is 0.0782 e. The number of rotatable bonds is 8. The lowest BCUT2D eigenvalue weighted by atomic mass is 10.2. The van der Waals surface area contributed by atoms with Crippen molar-refractivity contribution in [3.8, 4) is 0 Å². The summed E-state index contributed by atoms with van der Waals surface area (Å²) in [5, 5.41) is 0. The van der Waals surface area contributed by atoms with Crippen molar-refractivity contribution in [2.45, 2.75) is 32.6 Å². The Labute approximate surface area is 90.5 Å². The molecule has 0 heterocycles. The van der Waals surface area contributed by atoms with E-state index in [-0.39, 0.29) is 0 Å². The molecule has 0 rings (SSSR count). The van der Waals surface area contributed by atoms with Crippen LogP contribution in [-0.4, -0.2) is 57.2 Å². The van der Waals surface area contributed by atoms with E-state index in [4.69, 9.17) is 0 Å². The highest BCUT2D eigenvalue weighted by molar-refractivity contribution is 4.45. The number of quaternary nitrogens is 1. The zero-order chi connectivity index (χ0) is 11.0. The molecule has 2 nitrogen and oxygen atoms in total. The van der Waals surface area contributed by atoms with Gasteiger partial charge in [-0.05, 0) is 39.9 Å². The SMILES string of the molecule is CCCC[N+](C)(C)CCCCN(C)C. The molecule has 0 saturated heterocycles.